The molecule has 1 aliphatic carbocycles. The molecule has 1 fully saturated rings. The Morgan fingerprint density at radius 2 is 1.95 bits per heavy atom. The summed E-state index contributed by atoms with van der Waals surface area (Å²) in [4.78, 5) is 11.8. The van der Waals surface area contributed by atoms with Gasteiger partial charge in [-0.05, 0) is 37.0 Å². The Morgan fingerprint density at radius 3 is 2.63 bits per heavy atom. The maximum atomic E-state index is 11.8. The van der Waals surface area contributed by atoms with Crippen molar-refractivity contribution >= 4 is 5.97 Å². The van der Waals surface area contributed by atoms with Gasteiger partial charge in [-0.3, -0.25) is 4.79 Å². The largest absolute Gasteiger partial charge is 0.481 e. The van der Waals surface area contributed by atoms with Gasteiger partial charge in [-0.2, -0.15) is 0 Å². The summed E-state index contributed by atoms with van der Waals surface area (Å²) < 4.78 is 10.8. The molecule has 1 N–H and O–H groups in total. The molecule has 2 aliphatic rings. The normalized spacial score (nSPS) is 20.3. The Bertz CT molecular complexity index is 515. The molecule has 0 bridgehead atoms. The van der Waals surface area contributed by atoms with Crippen molar-refractivity contribution in [2.24, 2.45) is 0 Å². The number of ether oxygens (including phenoxy) is 2. The number of aryl methyl sites for hydroxylation is 1. The van der Waals surface area contributed by atoms with Gasteiger partial charge in [0.2, 0.25) is 6.79 Å². The second-order valence-electron chi connectivity index (χ2n) is 5.47. The average molecular weight is 262 g/mol. The fraction of sp³-hybridized carbons (Fsp3) is 0.533. The van der Waals surface area contributed by atoms with Crippen molar-refractivity contribution in [1.82, 2.24) is 0 Å². The molecule has 0 radical (unpaired) electrons. The summed E-state index contributed by atoms with van der Waals surface area (Å²) in [6.45, 7) is 2.16. The van der Waals surface area contributed by atoms with Gasteiger partial charge in [0, 0.05) is 0 Å². The molecule has 0 saturated heterocycles. The number of fused-ring (bicyclic) bond motifs is 1. The van der Waals surface area contributed by atoms with Crippen LogP contribution in [0, 0.1) is 6.92 Å². The number of carboxylic acid groups (broad SMARTS) is 1. The number of benzene rings is 1. The van der Waals surface area contributed by atoms with E-state index in [9.17, 15) is 9.90 Å². The van der Waals surface area contributed by atoms with Crippen molar-refractivity contribution in [3.05, 3.63) is 23.3 Å². The lowest BCUT2D eigenvalue weighted by Crippen LogP contribution is -2.37. The second-order valence-corrected chi connectivity index (χ2v) is 5.47. The molecule has 1 aromatic rings. The summed E-state index contributed by atoms with van der Waals surface area (Å²) in [5.74, 6) is 0.715. The van der Waals surface area contributed by atoms with Crippen molar-refractivity contribution in [2.75, 3.05) is 6.79 Å². The standard InChI is InChI=1S/C15H18O4/c1-10-7-11(8-12-13(10)19-9-18-12)15(14(16)17)5-3-2-4-6-15/h7-8H,2-6,9H2,1H3,(H,16,17). The van der Waals surface area contributed by atoms with Gasteiger partial charge in [0.1, 0.15) is 0 Å². The number of hydrogen-bond donors (Lipinski definition) is 1. The van der Waals surface area contributed by atoms with Gasteiger partial charge in [0.15, 0.2) is 11.5 Å². The van der Waals surface area contributed by atoms with Crippen LogP contribution in [0.5, 0.6) is 11.5 Å². The highest BCUT2D eigenvalue weighted by molar-refractivity contribution is 5.82. The first-order valence-electron chi connectivity index (χ1n) is 6.78. The lowest BCUT2D eigenvalue weighted by Gasteiger charge is -2.34. The van der Waals surface area contributed by atoms with Crippen LogP contribution in [0.25, 0.3) is 0 Å². The molecular weight excluding hydrogens is 244 g/mol. The van der Waals surface area contributed by atoms with Crippen molar-refractivity contribution in [1.29, 1.82) is 0 Å². The summed E-state index contributed by atoms with van der Waals surface area (Å²) in [6, 6.07) is 3.81. The Hall–Kier alpha value is -1.71. The summed E-state index contributed by atoms with van der Waals surface area (Å²) >= 11 is 0. The van der Waals surface area contributed by atoms with E-state index < -0.39 is 11.4 Å². The molecule has 0 amide bonds. The topological polar surface area (TPSA) is 55.8 Å². The van der Waals surface area contributed by atoms with E-state index >= 15 is 0 Å². The summed E-state index contributed by atoms with van der Waals surface area (Å²) in [6.07, 6.45) is 4.49. The molecule has 1 heterocycles. The minimum absolute atomic E-state index is 0.222. The average Bonchev–Trinajstić information content (AvgIpc) is 2.88. The van der Waals surface area contributed by atoms with Crippen LogP contribution in [0.1, 0.15) is 43.2 Å². The highest BCUT2D eigenvalue weighted by atomic mass is 16.7. The summed E-state index contributed by atoms with van der Waals surface area (Å²) in [5.41, 5.74) is 1.07. The number of carbonyl (C=O) groups is 1. The minimum Gasteiger partial charge on any atom is -0.481 e. The van der Waals surface area contributed by atoms with Crippen molar-refractivity contribution in [3.63, 3.8) is 0 Å². The van der Waals surface area contributed by atoms with Gasteiger partial charge in [-0.1, -0.05) is 25.3 Å². The van der Waals surface area contributed by atoms with E-state index in [0.29, 0.717) is 18.6 Å². The van der Waals surface area contributed by atoms with Crippen molar-refractivity contribution in [2.45, 2.75) is 44.4 Å². The lowest BCUT2D eigenvalue weighted by molar-refractivity contribution is -0.145. The Balaban J connectivity index is 2.08. The Kier molecular flexibility index (Phi) is 2.88. The fourth-order valence-corrected chi connectivity index (χ4v) is 3.24. The van der Waals surface area contributed by atoms with Crippen LogP contribution in [0.15, 0.2) is 12.1 Å². The minimum atomic E-state index is -0.746. The predicted octanol–water partition coefficient (Wildman–Crippen LogP) is 3.01. The summed E-state index contributed by atoms with van der Waals surface area (Å²) in [7, 11) is 0. The van der Waals surface area contributed by atoms with Crippen LogP contribution in [-0.2, 0) is 10.2 Å². The van der Waals surface area contributed by atoms with Gasteiger partial charge in [-0.25, -0.2) is 0 Å². The highest BCUT2D eigenvalue weighted by Gasteiger charge is 2.42. The van der Waals surface area contributed by atoms with E-state index in [-0.39, 0.29) is 6.79 Å². The quantitative estimate of drug-likeness (QED) is 0.890. The van der Waals surface area contributed by atoms with Crippen molar-refractivity contribution < 1.29 is 19.4 Å². The zero-order chi connectivity index (χ0) is 13.5. The molecule has 0 atom stereocenters. The van der Waals surface area contributed by atoms with Gasteiger partial charge in [-0.15, -0.1) is 0 Å². The van der Waals surface area contributed by atoms with Crippen molar-refractivity contribution in [3.8, 4) is 11.5 Å². The molecule has 4 heteroatoms. The number of aliphatic carboxylic acids is 1. The number of carboxylic acids is 1. The predicted molar refractivity (Wildman–Crippen MR) is 69.7 cm³/mol. The third-order valence-electron chi connectivity index (χ3n) is 4.33. The van der Waals surface area contributed by atoms with Gasteiger partial charge < -0.3 is 14.6 Å². The molecule has 0 aromatic heterocycles. The molecule has 19 heavy (non-hydrogen) atoms. The van der Waals surface area contributed by atoms with Crippen LogP contribution >= 0.6 is 0 Å². The summed E-state index contributed by atoms with van der Waals surface area (Å²) in [5, 5.41) is 9.71. The zero-order valence-electron chi connectivity index (χ0n) is 11.1. The van der Waals surface area contributed by atoms with Gasteiger partial charge in [0.25, 0.3) is 0 Å². The second kappa shape index (κ2) is 4.44. The molecule has 1 saturated carbocycles. The van der Waals surface area contributed by atoms with E-state index in [1.807, 2.05) is 19.1 Å². The van der Waals surface area contributed by atoms with Gasteiger partial charge in [0.05, 0.1) is 5.41 Å². The molecule has 102 valence electrons. The first-order chi connectivity index (χ1) is 9.13. The number of hydrogen-bond acceptors (Lipinski definition) is 3. The molecule has 4 nitrogen and oxygen atoms in total. The third kappa shape index (κ3) is 1.86. The SMILES string of the molecule is Cc1cc(C2(C(=O)O)CCCCC2)cc2c1OCO2. The van der Waals surface area contributed by atoms with E-state index in [2.05, 4.69) is 0 Å². The third-order valence-corrected chi connectivity index (χ3v) is 4.33. The smallest absolute Gasteiger partial charge is 0.314 e. The highest BCUT2D eigenvalue weighted by Crippen LogP contribution is 2.45. The first-order valence-corrected chi connectivity index (χ1v) is 6.78. The van der Waals surface area contributed by atoms with E-state index in [1.165, 1.54) is 0 Å². The molecule has 0 unspecified atom stereocenters. The van der Waals surface area contributed by atoms with Gasteiger partial charge >= 0.3 is 5.97 Å². The molecular formula is C15H18O4. The van der Waals surface area contributed by atoms with Crippen LogP contribution in [-0.4, -0.2) is 17.9 Å². The van der Waals surface area contributed by atoms with E-state index in [4.69, 9.17) is 9.47 Å². The molecule has 3 rings (SSSR count). The maximum Gasteiger partial charge on any atom is 0.314 e. The van der Waals surface area contributed by atoms with Crippen LogP contribution in [0.2, 0.25) is 0 Å². The lowest BCUT2D eigenvalue weighted by atomic mass is 9.69. The molecule has 0 spiro atoms. The Morgan fingerprint density at radius 1 is 1.21 bits per heavy atom. The fourth-order valence-electron chi connectivity index (χ4n) is 3.24. The molecule has 1 aliphatic heterocycles. The zero-order valence-corrected chi connectivity index (χ0v) is 11.1. The van der Waals surface area contributed by atoms with Crippen LogP contribution in [0.3, 0.4) is 0 Å². The number of rotatable bonds is 2. The molecule has 1 aromatic carbocycles. The monoisotopic (exact) mass is 262 g/mol. The van der Waals surface area contributed by atoms with Crippen LogP contribution in [0.4, 0.5) is 0 Å². The van der Waals surface area contributed by atoms with E-state index in [1.54, 1.807) is 0 Å². The Labute approximate surface area is 112 Å². The van der Waals surface area contributed by atoms with Crippen LogP contribution < -0.4 is 9.47 Å². The maximum absolute atomic E-state index is 11.8. The van der Waals surface area contributed by atoms with E-state index in [0.717, 1.165) is 36.1 Å². The first kappa shape index (κ1) is 12.3.